The summed E-state index contributed by atoms with van der Waals surface area (Å²) in [7, 11) is -3.77. The third kappa shape index (κ3) is 3.21. The lowest BCUT2D eigenvalue weighted by Crippen LogP contribution is -2.26. The minimum atomic E-state index is -3.77. The van der Waals surface area contributed by atoms with Crippen molar-refractivity contribution in [3.8, 4) is 0 Å². The van der Waals surface area contributed by atoms with Gasteiger partial charge in [0.25, 0.3) is 0 Å². The van der Waals surface area contributed by atoms with E-state index in [4.69, 9.17) is 4.42 Å². The van der Waals surface area contributed by atoms with Crippen LogP contribution in [0, 0.1) is 12.7 Å². The van der Waals surface area contributed by atoms with Crippen molar-refractivity contribution in [2.75, 3.05) is 0 Å². The molecule has 1 atom stereocenters. The number of halogens is 1. The number of hydrogen-bond donors (Lipinski definition) is 1. The van der Waals surface area contributed by atoms with E-state index in [0.717, 1.165) is 6.07 Å². The standard InChI is InChI=1S/C13H14FNO3S/c1-9-6-7-13(18-9)10(2)15-19(16,17)12-5-3-4-11(14)8-12/h3-8,10,15H,1-2H3. The van der Waals surface area contributed by atoms with Gasteiger partial charge in [-0.3, -0.25) is 0 Å². The number of nitrogens with one attached hydrogen (secondary N) is 1. The first kappa shape index (κ1) is 13.8. The van der Waals surface area contributed by atoms with Crippen molar-refractivity contribution in [2.24, 2.45) is 0 Å². The highest BCUT2D eigenvalue weighted by Gasteiger charge is 2.20. The fourth-order valence-corrected chi connectivity index (χ4v) is 2.92. The second-order valence-electron chi connectivity index (χ2n) is 4.25. The highest BCUT2D eigenvalue weighted by atomic mass is 32.2. The molecule has 0 saturated heterocycles. The number of sulfonamides is 1. The van der Waals surface area contributed by atoms with Crippen LogP contribution in [0.4, 0.5) is 4.39 Å². The molecule has 0 saturated carbocycles. The van der Waals surface area contributed by atoms with E-state index in [9.17, 15) is 12.8 Å². The minimum absolute atomic E-state index is 0.109. The molecule has 1 N–H and O–H groups in total. The predicted molar refractivity (Wildman–Crippen MR) is 68.6 cm³/mol. The Morgan fingerprint density at radius 2 is 2.00 bits per heavy atom. The second kappa shape index (κ2) is 5.14. The van der Waals surface area contributed by atoms with Crippen molar-refractivity contribution in [3.05, 3.63) is 53.7 Å². The van der Waals surface area contributed by atoms with Crippen LogP contribution in [0.15, 0.2) is 45.7 Å². The third-order valence-electron chi connectivity index (χ3n) is 2.63. The maximum absolute atomic E-state index is 13.1. The van der Waals surface area contributed by atoms with Gasteiger partial charge in [0.2, 0.25) is 10.0 Å². The molecular formula is C13H14FNO3S. The van der Waals surface area contributed by atoms with Crippen molar-refractivity contribution in [1.82, 2.24) is 4.72 Å². The third-order valence-corrected chi connectivity index (χ3v) is 4.16. The highest BCUT2D eigenvalue weighted by Crippen LogP contribution is 2.19. The molecule has 1 unspecified atom stereocenters. The van der Waals surface area contributed by atoms with Crippen LogP contribution >= 0.6 is 0 Å². The Balaban J connectivity index is 2.22. The average Bonchev–Trinajstić information content (AvgIpc) is 2.75. The Morgan fingerprint density at radius 1 is 1.26 bits per heavy atom. The Bertz CT molecular complexity index is 679. The van der Waals surface area contributed by atoms with Gasteiger partial charge in [0.1, 0.15) is 17.3 Å². The molecule has 1 aromatic heterocycles. The maximum Gasteiger partial charge on any atom is 0.241 e. The second-order valence-corrected chi connectivity index (χ2v) is 5.96. The Morgan fingerprint density at radius 3 is 2.58 bits per heavy atom. The molecule has 0 spiro atoms. The number of hydrogen-bond acceptors (Lipinski definition) is 3. The maximum atomic E-state index is 13.1. The zero-order valence-corrected chi connectivity index (χ0v) is 11.4. The van der Waals surface area contributed by atoms with Crippen LogP contribution < -0.4 is 4.72 Å². The summed E-state index contributed by atoms with van der Waals surface area (Å²) in [6.45, 7) is 3.44. The van der Waals surface area contributed by atoms with Crippen molar-refractivity contribution in [2.45, 2.75) is 24.8 Å². The van der Waals surface area contributed by atoms with Crippen LogP contribution in [0.2, 0.25) is 0 Å². The fraction of sp³-hybridized carbons (Fsp3) is 0.231. The summed E-state index contributed by atoms with van der Waals surface area (Å²) in [6, 6.07) is 7.79. The number of aryl methyl sites for hydroxylation is 1. The summed E-state index contributed by atoms with van der Waals surface area (Å²) < 4.78 is 45.0. The molecular weight excluding hydrogens is 269 g/mol. The first-order chi connectivity index (χ1) is 8.88. The number of furan rings is 1. The van der Waals surface area contributed by atoms with Crippen LogP contribution in [0.25, 0.3) is 0 Å². The average molecular weight is 283 g/mol. The van der Waals surface area contributed by atoms with Crippen LogP contribution in [0.3, 0.4) is 0 Å². The molecule has 0 fully saturated rings. The lowest BCUT2D eigenvalue weighted by Gasteiger charge is -2.12. The molecule has 0 aliphatic rings. The van der Waals surface area contributed by atoms with Gasteiger partial charge in [-0.15, -0.1) is 0 Å². The first-order valence-electron chi connectivity index (χ1n) is 5.73. The van der Waals surface area contributed by atoms with Gasteiger partial charge in [-0.2, -0.15) is 0 Å². The van der Waals surface area contributed by atoms with Crippen molar-refractivity contribution < 1.29 is 17.2 Å². The van der Waals surface area contributed by atoms with Crippen LogP contribution in [-0.2, 0) is 10.0 Å². The van der Waals surface area contributed by atoms with Crippen LogP contribution in [-0.4, -0.2) is 8.42 Å². The number of benzene rings is 1. The molecule has 1 heterocycles. The normalized spacial score (nSPS) is 13.4. The van der Waals surface area contributed by atoms with Gasteiger partial charge in [-0.05, 0) is 44.2 Å². The molecule has 0 bridgehead atoms. The van der Waals surface area contributed by atoms with E-state index >= 15 is 0 Å². The Hall–Kier alpha value is -1.66. The summed E-state index contributed by atoms with van der Waals surface area (Å²) >= 11 is 0. The van der Waals surface area contributed by atoms with E-state index in [2.05, 4.69) is 4.72 Å². The summed E-state index contributed by atoms with van der Waals surface area (Å²) in [5, 5.41) is 0. The van der Waals surface area contributed by atoms with E-state index in [-0.39, 0.29) is 4.90 Å². The summed E-state index contributed by atoms with van der Waals surface area (Å²) in [4.78, 5) is -0.109. The molecule has 0 aliphatic heterocycles. The zero-order chi connectivity index (χ0) is 14.0. The fourth-order valence-electron chi connectivity index (χ4n) is 1.68. The van der Waals surface area contributed by atoms with Crippen molar-refractivity contribution in [1.29, 1.82) is 0 Å². The van der Waals surface area contributed by atoms with Crippen LogP contribution in [0.5, 0.6) is 0 Å². The summed E-state index contributed by atoms with van der Waals surface area (Å²) in [6.07, 6.45) is 0. The van der Waals surface area contributed by atoms with E-state index in [0.29, 0.717) is 11.5 Å². The highest BCUT2D eigenvalue weighted by molar-refractivity contribution is 7.89. The molecule has 6 heteroatoms. The van der Waals surface area contributed by atoms with Gasteiger partial charge in [-0.1, -0.05) is 6.07 Å². The lowest BCUT2D eigenvalue weighted by molar-refractivity contribution is 0.441. The molecule has 0 radical (unpaired) electrons. The predicted octanol–water partition coefficient (Wildman–Crippen LogP) is 2.77. The SMILES string of the molecule is Cc1ccc(C(C)NS(=O)(=O)c2cccc(F)c2)o1. The quantitative estimate of drug-likeness (QED) is 0.938. The molecule has 2 aromatic rings. The van der Waals surface area contributed by atoms with Gasteiger partial charge in [-0.25, -0.2) is 17.5 Å². The smallest absolute Gasteiger partial charge is 0.241 e. The van der Waals surface area contributed by atoms with Gasteiger partial charge in [0, 0.05) is 0 Å². The van der Waals surface area contributed by atoms with Gasteiger partial charge in [0.05, 0.1) is 10.9 Å². The molecule has 102 valence electrons. The Labute approximate surface area is 111 Å². The monoisotopic (exact) mass is 283 g/mol. The molecule has 4 nitrogen and oxygen atoms in total. The summed E-state index contributed by atoms with van der Waals surface area (Å²) in [5.41, 5.74) is 0. The van der Waals surface area contributed by atoms with E-state index in [1.807, 2.05) is 0 Å². The largest absolute Gasteiger partial charge is 0.465 e. The van der Waals surface area contributed by atoms with Gasteiger partial charge >= 0.3 is 0 Å². The minimum Gasteiger partial charge on any atom is -0.465 e. The number of rotatable bonds is 4. The Kier molecular flexibility index (Phi) is 3.73. The topological polar surface area (TPSA) is 59.3 Å². The first-order valence-corrected chi connectivity index (χ1v) is 7.21. The zero-order valence-electron chi connectivity index (χ0n) is 10.6. The van der Waals surface area contributed by atoms with E-state index in [1.54, 1.807) is 26.0 Å². The van der Waals surface area contributed by atoms with Crippen molar-refractivity contribution >= 4 is 10.0 Å². The van der Waals surface area contributed by atoms with Crippen molar-refractivity contribution in [3.63, 3.8) is 0 Å². The lowest BCUT2D eigenvalue weighted by atomic mass is 10.3. The molecule has 0 amide bonds. The molecule has 19 heavy (non-hydrogen) atoms. The van der Waals surface area contributed by atoms with E-state index in [1.165, 1.54) is 18.2 Å². The van der Waals surface area contributed by atoms with Gasteiger partial charge in [0.15, 0.2) is 0 Å². The van der Waals surface area contributed by atoms with Crippen LogP contribution in [0.1, 0.15) is 24.5 Å². The van der Waals surface area contributed by atoms with E-state index < -0.39 is 21.9 Å². The molecule has 0 aliphatic carbocycles. The molecule has 2 rings (SSSR count). The summed E-state index contributed by atoms with van der Waals surface area (Å²) in [5.74, 6) is 0.619. The molecule has 1 aromatic carbocycles. The van der Waals surface area contributed by atoms with Gasteiger partial charge < -0.3 is 4.42 Å².